The van der Waals surface area contributed by atoms with Gasteiger partial charge in [-0.25, -0.2) is 0 Å². The Labute approximate surface area is 94.2 Å². The van der Waals surface area contributed by atoms with Gasteiger partial charge in [-0.05, 0) is 18.6 Å². The lowest BCUT2D eigenvalue weighted by atomic mass is 9.93. The number of fused-ring (bicyclic) bond motifs is 1. The summed E-state index contributed by atoms with van der Waals surface area (Å²) in [6, 6.07) is 11.4. The molecule has 1 aromatic carbocycles. The van der Waals surface area contributed by atoms with Gasteiger partial charge in [0.05, 0.1) is 0 Å². The van der Waals surface area contributed by atoms with Gasteiger partial charge < -0.3 is 4.74 Å². The summed E-state index contributed by atoms with van der Waals surface area (Å²) >= 11 is 0. The molecule has 0 aliphatic carbocycles. The maximum Gasteiger partial charge on any atom is 0.133 e. The van der Waals surface area contributed by atoms with Crippen molar-refractivity contribution in [3.05, 3.63) is 35.4 Å². The fourth-order valence-electron chi connectivity index (χ4n) is 1.87. The molecule has 0 fully saturated rings. The zero-order valence-corrected chi connectivity index (χ0v) is 8.90. The van der Waals surface area contributed by atoms with Crippen LogP contribution in [0.5, 0.6) is 5.75 Å². The minimum atomic E-state index is 0.00148. The smallest absolute Gasteiger partial charge is 0.133 e. The van der Waals surface area contributed by atoms with E-state index in [0.717, 1.165) is 16.9 Å². The third kappa shape index (κ3) is 1.64. The largest absolute Gasteiger partial charge is 0.490 e. The molecule has 1 aromatic rings. The number of hydrogen-bond acceptors (Lipinski definition) is 3. The zero-order valence-electron chi connectivity index (χ0n) is 8.90. The number of hydrogen-bond donors (Lipinski definition) is 0. The van der Waals surface area contributed by atoms with E-state index in [2.05, 4.69) is 0 Å². The van der Waals surface area contributed by atoms with Gasteiger partial charge in [-0.15, -0.1) is 0 Å². The van der Waals surface area contributed by atoms with Gasteiger partial charge in [0.1, 0.15) is 29.6 Å². The number of allylic oxidation sites excluding steroid dienone is 1. The van der Waals surface area contributed by atoms with Gasteiger partial charge in [0.2, 0.25) is 0 Å². The van der Waals surface area contributed by atoms with E-state index in [1.54, 1.807) is 0 Å². The quantitative estimate of drug-likeness (QED) is 0.618. The molecule has 0 radical (unpaired) electrons. The Hall–Kier alpha value is -2.26. The molecule has 1 unspecified atom stereocenters. The van der Waals surface area contributed by atoms with Gasteiger partial charge in [0.25, 0.3) is 0 Å². The predicted molar refractivity (Wildman–Crippen MR) is 59.3 cm³/mol. The first-order valence-corrected chi connectivity index (χ1v) is 5.05. The summed E-state index contributed by atoms with van der Waals surface area (Å²) in [5.41, 5.74) is 1.83. The molecule has 0 saturated heterocycles. The number of ether oxygens (including phenoxy) is 1. The third-order valence-electron chi connectivity index (χ3n) is 2.56. The SMILES string of the molecule is CC1CC(=C(C#N)C#N)c2ccccc2O1. The van der Waals surface area contributed by atoms with E-state index >= 15 is 0 Å². The molecule has 1 atom stereocenters. The second-order valence-electron chi connectivity index (χ2n) is 3.71. The maximum atomic E-state index is 8.92. The second-order valence-corrected chi connectivity index (χ2v) is 3.71. The molecule has 0 N–H and O–H groups in total. The van der Waals surface area contributed by atoms with Crippen LogP contribution in [0.25, 0.3) is 5.57 Å². The lowest BCUT2D eigenvalue weighted by Crippen LogP contribution is -2.18. The van der Waals surface area contributed by atoms with Crippen molar-refractivity contribution < 1.29 is 4.74 Å². The van der Waals surface area contributed by atoms with Crippen molar-refractivity contribution >= 4 is 5.57 Å². The fraction of sp³-hybridized carbons (Fsp3) is 0.231. The van der Waals surface area contributed by atoms with E-state index in [-0.39, 0.29) is 11.7 Å². The average Bonchev–Trinajstić information content (AvgIpc) is 2.30. The van der Waals surface area contributed by atoms with Crippen LogP contribution in [0.1, 0.15) is 18.9 Å². The Morgan fingerprint density at radius 1 is 1.31 bits per heavy atom. The van der Waals surface area contributed by atoms with Crippen molar-refractivity contribution in [3.63, 3.8) is 0 Å². The number of benzene rings is 1. The van der Waals surface area contributed by atoms with Crippen LogP contribution in [0.3, 0.4) is 0 Å². The fourth-order valence-corrected chi connectivity index (χ4v) is 1.87. The Morgan fingerprint density at radius 2 is 2.00 bits per heavy atom. The minimum absolute atomic E-state index is 0.00148. The Bertz CT molecular complexity index is 516. The monoisotopic (exact) mass is 210 g/mol. The standard InChI is InChI=1S/C13H10N2O/c1-9-6-12(10(7-14)8-15)11-4-2-3-5-13(11)16-9/h2-5,9H,6H2,1H3. The number of nitrogens with zero attached hydrogens (tertiary/aromatic N) is 2. The molecule has 0 aromatic heterocycles. The highest BCUT2D eigenvalue weighted by molar-refractivity contribution is 5.79. The summed E-state index contributed by atoms with van der Waals surface area (Å²) in [5, 5.41) is 17.8. The average molecular weight is 210 g/mol. The summed E-state index contributed by atoms with van der Waals surface area (Å²) in [4.78, 5) is 0. The topological polar surface area (TPSA) is 56.8 Å². The molecule has 0 bridgehead atoms. The van der Waals surface area contributed by atoms with Gasteiger partial charge in [-0.3, -0.25) is 0 Å². The van der Waals surface area contributed by atoms with E-state index in [1.807, 2.05) is 43.3 Å². The van der Waals surface area contributed by atoms with Crippen molar-refractivity contribution in [2.24, 2.45) is 0 Å². The number of rotatable bonds is 0. The van der Waals surface area contributed by atoms with Crippen molar-refractivity contribution in [2.75, 3.05) is 0 Å². The Morgan fingerprint density at radius 3 is 2.69 bits per heavy atom. The van der Waals surface area contributed by atoms with Gasteiger partial charge >= 0.3 is 0 Å². The lowest BCUT2D eigenvalue weighted by molar-refractivity contribution is 0.218. The highest BCUT2D eigenvalue weighted by Gasteiger charge is 2.22. The van der Waals surface area contributed by atoms with Crippen molar-refractivity contribution in [1.82, 2.24) is 0 Å². The van der Waals surface area contributed by atoms with Crippen LogP contribution in [-0.4, -0.2) is 6.10 Å². The molecule has 0 amide bonds. The molecule has 1 aliphatic rings. The van der Waals surface area contributed by atoms with E-state index in [4.69, 9.17) is 15.3 Å². The summed E-state index contributed by atoms with van der Waals surface area (Å²) < 4.78 is 5.65. The van der Waals surface area contributed by atoms with Crippen molar-refractivity contribution in [1.29, 1.82) is 10.5 Å². The summed E-state index contributed by atoms with van der Waals surface area (Å²) in [6.07, 6.45) is 0.606. The Kier molecular flexibility index (Phi) is 2.62. The summed E-state index contributed by atoms with van der Waals surface area (Å²) in [7, 11) is 0. The first-order valence-electron chi connectivity index (χ1n) is 5.05. The van der Waals surface area contributed by atoms with Crippen LogP contribution in [0.2, 0.25) is 0 Å². The lowest BCUT2D eigenvalue weighted by Gasteiger charge is -2.25. The first-order chi connectivity index (χ1) is 7.76. The van der Waals surface area contributed by atoms with Crippen molar-refractivity contribution in [2.45, 2.75) is 19.4 Å². The van der Waals surface area contributed by atoms with E-state index in [0.29, 0.717) is 6.42 Å². The number of para-hydroxylation sites is 1. The van der Waals surface area contributed by atoms with Crippen LogP contribution < -0.4 is 4.74 Å². The normalized spacial score (nSPS) is 17.7. The van der Waals surface area contributed by atoms with Gasteiger partial charge in [-0.1, -0.05) is 18.2 Å². The minimum Gasteiger partial charge on any atom is -0.490 e. The highest BCUT2D eigenvalue weighted by atomic mass is 16.5. The molecule has 0 spiro atoms. The van der Waals surface area contributed by atoms with Crippen LogP contribution >= 0.6 is 0 Å². The molecule has 16 heavy (non-hydrogen) atoms. The first kappa shape index (κ1) is 10.3. The molecular weight excluding hydrogens is 200 g/mol. The van der Waals surface area contributed by atoms with Crippen LogP contribution in [0.4, 0.5) is 0 Å². The third-order valence-corrected chi connectivity index (χ3v) is 2.56. The summed E-state index contributed by atoms with van der Waals surface area (Å²) in [6.45, 7) is 1.93. The molecule has 2 rings (SSSR count). The van der Waals surface area contributed by atoms with Crippen molar-refractivity contribution in [3.8, 4) is 17.9 Å². The van der Waals surface area contributed by atoms with Gasteiger partial charge in [0.15, 0.2) is 0 Å². The van der Waals surface area contributed by atoms with Gasteiger partial charge in [0, 0.05) is 12.0 Å². The van der Waals surface area contributed by atoms with Crippen LogP contribution in [-0.2, 0) is 0 Å². The zero-order chi connectivity index (χ0) is 11.5. The molecule has 78 valence electrons. The second kappa shape index (κ2) is 4.08. The van der Waals surface area contributed by atoms with E-state index < -0.39 is 0 Å². The molecule has 1 aliphatic heterocycles. The Balaban J connectivity index is 2.64. The molecule has 0 saturated carbocycles. The highest BCUT2D eigenvalue weighted by Crippen LogP contribution is 2.36. The van der Waals surface area contributed by atoms with Crippen LogP contribution in [0, 0.1) is 22.7 Å². The van der Waals surface area contributed by atoms with Gasteiger partial charge in [-0.2, -0.15) is 10.5 Å². The number of nitriles is 2. The van der Waals surface area contributed by atoms with E-state index in [9.17, 15) is 0 Å². The predicted octanol–water partition coefficient (Wildman–Crippen LogP) is 2.66. The maximum absolute atomic E-state index is 8.92. The summed E-state index contributed by atoms with van der Waals surface area (Å²) in [5.74, 6) is 0.749. The van der Waals surface area contributed by atoms with E-state index in [1.165, 1.54) is 0 Å². The molecule has 1 heterocycles. The molecule has 3 nitrogen and oxygen atoms in total. The van der Waals surface area contributed by atoms with Crippen LogP contribution in [0.15, 0.2) is 29.8 Å². The molecular formula is C13H10N2O. The molecule has 3 heteroatoms.